The molecule has 0 saturated carbocycles. The van der Waals surface area contributed by atoms with Gasteiger partial charge in [-0.2, -0.15) is 0 Å². The van der Waals surface area contributed by atoms with Crippen LogP contribution in [0.3, 0.4) is 0 Å². The highest BCUT2D eigenvalue weighted by Crippen LogP contribution is 2.36. The summed E-state index contributed by atoms with van der Waals surface area (Å²) in [6, 6.07) is 15.1. The summed E-state index contributed by atoms with van der Waals surface area (Å²) in [5, 5.41) is 4.52. The predicted octanol–water partition coefficient (Wildman–Crippen LogP) is 4.64. The molecule has 1 fully saturated rings. The van der Waals surface area contributed by atoms with Crippen molar-refractivity contribution in [3.8, 4) is 17.1 Å². The van der Waals surface area contributed by atoms with Gasteiger partial charge in [0.1, 0.15) is 17.7 Å². The third kappa shape index (κ3) is 4.62. The first-order valence-corrected chi connectivity index (χ1v) is 12.2. The van der Waals surface area contributed by atoms with E-state index >= 15 is 0 Å². The number of halogens is 3. The number of piperidine rings is 1. The molecule has 2 aromatic heterocycles. The number of nitrogens with two attached hydrogens (primary N) is 1. The third-order valence-electron chi connectivity index (χ3n) is 6.53. The Kier molecular flexibility index (Phi) is 7.70. The second-order valence-electron chi connectivity index (χ2n) is 8.56. The lowest BCUT2D eigenvalue weighted by Crippen LogP contribution is -2.61. The van der Waals surface area contributed by atoms with E-state index in [1.807, 2.05) is 60.0 Å². The van der Waals surface area contributed by atoms with Crippen molar-refractivity contribution in [1.82, 2.24) is 24.8 Å². The van der Waals surface area contributed by atoms with Crippen LogP contribution in [0, 0.1) is 0 Å². The molecular formula is C25H26Cl3N7O. The van der Waals surface area contributed by atoms with Gasteiger partial charge in [0, 0.05) is 29.4 Å². The number of imidazole rings is 1. The summed E-state index contributed by atoms with van der Waals surface area (Å²) >= 11 is 12.7. The van der Waals surface area contributed by atoms with E-state index in [1.54, 1.807) is 6.33 Å². The molecule has 3 N–H and O–H groups in total. The van der Waals surface area contributed by atoms with Gasteiger partial charge in [0.15, 0.2) is 17.0 Å². The van der Waals surface area contributed by atoms with Gasteiger partial charge in [0.25, 0.3) is 0 Å². The molecule has 5 rings (SSSR count). The summed E-state index contributed by atoms with van der Waals surface area (Å²) in [6.45, 7) is 3.87. The van der Waals surface area contributed by atoms with Gasteiger partial charge >= 0.3 is 0 Å². The van der Waals surface area contributed by atoms with Crippen molar-refractivity contribution in [3.63, 3.8) is 0 Å². The van der Waals surface area contributed by atoms with Gasteiger partial charge < -0.3 is 16.0 Å². The number of nitrogens with one attached hydrogen (secondary N) is 1. The first kappa shape index (κ1) is 26.2. The smallest absolute Gasteiger partial charge is 0.237 e. The zero-order chi connectivity index (χ0) is 24.6. The first-order valence-electron chi connectivity index (χ1n) is 11.5. The number of hydrogen-bond acceptors (Lipinski definition) is 6. The lowest BCUT2D eigenvalue weighted by Gasteiger charge is -2.40. The Bertz CT molecular complexity index is 1380. The zero-order valence-electron chi connectivity index (χ0n) is 19.6. The maximum Gasteiger partial charge on any atom is 0.237 e. The molecule has 8 nitrogen and oxygen atoms in total. The molecule has 1 amide bonds. The summed E-state index contributed by atoms with van der Waals surface area (Å²) < 4.78 is 1.97. The maximum atomic E-state index is 12.2. The SMILES string of the molecule is CCNC1(C(N)=O)CCN(c2ncnc3c2nc(-c2ccccc2Cl)n3-c2ccc(Cl)cc2)CC1.Cl. The Labute approximate surface area is 225 Å². The molecule has 0 bridgehead atoms. The molecule has 0 aliphatic carbocycles. The number of carbonyl (C=O) groups excluding carboxylic acids is 1. The molecule has 1 aliphatic heterocycles. The Hall–Kier alpha value is -2.91. The molecule has 36 heavy (non-hydrogen) atoms. The average Bonchev–Trinajstić information content (AvgIpc) is 3.25. The number of amides is 1. The van der Waals surface area contributed by atoms with Gasteiger partial charge in [-0.15, -0.1) is 12.4 Å². The number of carbonyl (C=O) groups is 1. The lowest BCUT2D eigenvalue weighted by atomic mass is 9.86. The second kappa shape index (κ2) is 10.6. The molecule has 1 saturated heterocycles. The number of rotatable bonds is 6. The van der Waals surface area contributed by atoms with E-state index in [9.17, 15) is 4.79 Å². The highest BCUT2D eigenvalue weighted by molar-refractivity contribution is 6.33. The number of nitrogens with zero attached hydrogens (tertiary/aromatic N) is 5. The predicted molar refractivity (Wildman–Crippen MR) is 146 cm³/mol. The van der Waals surface area contributed by atoms with Crippen molar-refractivity contribution >= 4 is 58.5 Å². The zero-order valence-corrected chi connectivity index (χ0v) is 21.9. The van der Waals surface area contributed by atoms with Crippen molar-refractivity contribution in [2.45, 2.75) is 25.3 Å². The average molecular weight is 547 g/mol. The molecular weight excluding hydrogens is 521 g/mol. The maximum absolute atomic E-state index is 12.2. The van der Waals surface area contributed by atoms with E-state index in [-0.39, 0.29) is 18.3 Å². The standard InChI is InChI=1S/C25H25Cl2N7O.ClH/c1-2-31-25(24(28)35)11-13-33(14-12-25)22-20-23(30-15-29-22)34(17-9-7-16(26)8-10-17)21(32-20)18-5-3-4-6-19(18)27;/h3-10,15,31H,2,11-14H2,1H3,(H2,28,35);1H. The van der Waals surface area contributed by atoms with Crippen LogP contribution in [0.2, 0.25) is 10.0 Å². The van der Waals surface area contributed by atoms with Crippen LogP contribution in [-0.2, 0) is 4.79 Å². The molecule has 188 valence electrons. The molecule has 0 unspecified atom stereocenters. The number of fused-ring (bicyclic) bond motifs is 1. The van der Waals surface area contributed by atoms with E-state index in [2.05, 4.69) is 20.2 Å². The second-order valence-corrected chi connectivity index (χ2v) is 9.40. The minimum atomic E-state index is -0.706. The Morgan fingerprint density at radius 2 is 1.78 bits per heavy atom. The van der Waals surface area contributed by atoms with Crippen LogP contribution in [0.1, 0.15) is 19.8 Å². The van der Waals surface area contributed by atoms with Crippen LogP contribution in [0.15, 0.2) is 54.9 Å². The van der Waals surface area contributed by atoms with E-state index in [4.69, 9.17) is 33.9 Å². The fraction of sp³-hybridized carbons (Fsp3) is 0.280. The summed E-state index contributed by atoms with van der Waals surface area (Å²) in [5.41, 5.74) is 8.01. The molecule has 3 heterocycles. The quantitative estimate of drug-likeness (QED) is 0.365. The van der Waals surface area contributed by atoms with Crippen LogP contribution in [0.4, 0.5) is 5.82 Å². The molecule has 2 aromatic carbocycles. The number of likely N-dealkylation sites (N-methyl/N-ethyl adjacent to an activating group) is 1. The van der Waals surface area contributed by atoms with Gasteiger partial charge in [-0.25, -0.2) is 15.0 Å². The topological polar surface area (TPSA) is 102 Å². The van der Waals surface area contributed by atoms with Crippen molar-refractivity contribution in [2.24, 2.45) is 5.73 Å². The van der Waals surface area contributed by atoms with Crippen molar-refractivity contribution in [2.75, 3.05) is 24.5 Å². The summed E-state index contributed by atoms with van der Waals surface area (Å²) in [6.07, 6.45) is 2.70. The highest BCUT2D eigenvalue weighted by Gasteiger charge is 2.40. The van der Waals surface area contributed by atoms with Crippen LogP contribution in [0.5, 0.6) is 0 Å². The van der Waals surface area contributed by atoms with E-state index < -0.39 is 5.54 Å². The fourth-order valence-electron chi connectivity index (χ4n) is 4.72. The molecule has 1 aliphatic rings. The van der Waals surface area contributed by atoms with E-state index in [0.717, 1.165) is 11.3 Å². The summed E-state index contributed by atoms with van der Waals surface area (Å²) in [4.78, 5) is 28.5. The number of aromatic nitrogens is 4. The van der Waals surface area contributed by atoms with Crippen LogP contribution >= 0.6 is 35.6 Å². The molecule has 4 aromatic rings. The minimum absolute atomic E-state index is 0. The Morgan fingerprint density at radius 3 is 2.42 bits per heavy atom. The Morgan fingerprint density at radius 1 is 1.08 bits per heavy atom. The molecule has 0 radical (unpaired) electrons. The molecule has 0 spiro atoms. The van der Waals surface area contributed by atoms with Gasteiger partial charge in [-0.05, 0) is 55.8 Å². The third-order valence-corrected chi connectivity index (χ3v) is 7.11. The normalized spacial score (nSPS) is 15.0. The molecule has 11 heteroatoms. The van der Waals surface area contributed by atoms with Crippen LogP contribution in [-0.4, -0.2) is 50.6 Å². The van der Waals surface area contributed by atoms with E-state index in [1.165, 1.54) is 0 Å². The van der Waals surface area contributed by atoms with Gasteiger partial charge in [0.05, 0.1) is 5.02 Å². The minimum Gasteiger partial charge on any atom is -0.368 e. The number of hydrogen-bond donors (Lipinski definition) is 2. The van der Waals surface area contributed by atoms with Gasteiger partial charge in [-0.3, -0.25) is 9.36 Å². The van der Waals surface area contributed by atoms with Crippen molar-refractivity contribution in [1.29, 1.82) is 0 Å². The highest BCUT2D eigenvalue weighted by atomic mass is 35.5. The monoisotopic (exact) mass is 545 g/mol. The fourth-order valence-corrected chi connectivity index (χ4v) is 5.06. The van der Waals surface area contributed by atoms with Crippen molar-refractivity contribution < 1.29 is 4.79 Å². The van der Waals surface area contributed by atoms with Gasteiger partial charge in [-0.1, -0.05) is 42.3 Å². The Balaban J connectivity index is 0.00000304. The summed E-state index contributed by atoms with van der Waals surface area (Å²) in [5.74, 6) is 1.05. The first-order chi connectivity index (χ1) is 16.9. The van der Waals surface area contributed by atoms with Crippen molar-refractivity contribution in [3.05, 3.63) is 64.9 Å². The summed E-state index contributed by atoms with van der Waals surface area (Å²) in [7, 11) is 0. The van der Waals surface area contributed by atoms with Crippen LogP contribution < -0.4 is 16.0 Å². The molecule has 0 atom stereocenters. The lowest BCUT2D eigenvalue weighted by molar-refractivity contribution is -0.125. The van der Waals surface area contributed by atoms with E-state index in [0.29, 0.717) is 65.3 Å². The number of benzene rings is 2. The largest absolute Gasteiger partial charge is 0.368 e. The number of primary amides is 1. The van der Waals surface area contributed by atoms with Gasteiger partial charge in [0.2, 0.25) is 5.91 Å². The number of anilines is 1. The van der Waals surface area contributed by atoms with Crippen LogP contribution in [0.25, 0.3) is 28.2 Å².